The predicted molar refractivity (Wildman–Crippen MR) is 88.7 cm³/mol. The summed E-state index contributed by atoms with van der Waals surface area (Å²) in [5, 5.41) is 5.90. The lowest BCUT2D eigenvalue weighted by molar-refractivity contribution is 0.599. The normalized spacial score (nSPS) is 19.9. The van der Waals surface area contributed by atoms with Crippen LogP contribution in [0, 0.1) is 0 Å². The highest BCUT2D eigenvalue weighted by Crippen LogP contribution is 2.32. The standard InChI is InChI=1S/C15H19N3O2S2/c16-22(19,20)14-11-17-15(21-14)18-9-4-7-13(8-10-18)12-5-2-1-3-6-12/h1-3,5-6,11,13H,4,7-10H2,(H2,16,19,20). The minimum Gasteiger partial charge on any atom is -0.348 e. The van der Waals surface area contributed by atoms with Gasteiger partial charge in [0.05, 0.1) is 6.20 Å². The molecule has 0 saturated carbocycles. The van der Waals surface area contributed by atoms with Crippen LogP contribution in [0.25, 0.3) is 0 Å². The molecule has 22 heavy (non-hydrogen) atoms. The van der Waals surface area contributed by atoms with E-state index in [0.29, 0.717) is 5.92 Å². The fraction of sp³-hybridized carbons (Fsp3) is 0.400. The van der Waals surface area contributed by atoms with E-state index in [-0.39, 0.29) is 4.21 Å². The third-order valence-corrected chi connectivity index (χ3v) is 6.49. The van der Waals surface area contributed by atoms with Gasteiger partial charge in [-0.3, -0.25) is 0 Å². The van der Waals surface area contributed by atoms with Gasteiger partial charge in [-0.25, -0.2) is 18.5 Å². The third-order valence-electron chi connectivity index (χ3n) is 4.02. The lowest BCUT2D eigenvalue weighted by Gasteiger charge is -2.19. The van der Waals surface area contributed by atoms with Crippen molar-refractivity contribution in [3.8, 4) is 0 Å². The van der Waals surface area contributed by atoms with E-state index in [0.717, 1.165) is 48.8 Å². The fourth-order valence-electron chi connectivity index (χ4n) is 2.87. The maximum atomic E-state index is 11.4. The highest BCUT2D eigenvalue weighted by atomic mass is 32.2. The second-order valence-electron chi connectivity index (χ2n) is 5.53. The molecule has 1 unspecified atom stereocenters. The molecule has 5 nitrogen and oxygen atoms in total. The average Bonchev–Trinajstić information content (AvgIpc) is 2.87. The van der Waals surface area contributed by atoms with Crippen molar-refractivity contribution in [2.45, 2.75) is 29.4 Å². The maximum Gasteiger partial charge on any atom is 0.249 e. The molecular formula is C15H19N3O2S2. The lowest BCUT2D eigenvalue weighted by atomic mass is 9.92. The molecule has 1 saturated heterocycles. The maximum absolute atomic E-state index is 11.4. The van der Waals surface area contributed by atoms with Gasteiger partial charge in [0.2, 0.25) is 10.0 Å². The van der Waals surface area contributed by atoms with Gasteiger partial charge in [0.25, 0.3) is 0 Å². The summed E-state index contributed by atoms with van der Waals surface area (Å²) in [6.45, 7) is 1.79. The Kier molecular flexibility index (Phi) is 4.46. The molecular weight excluding hydrogens is 318 g/mol. The van der Waals surface area contributed by atoms with Gasteiger partial charge < -0.3 is 4.90 Å². The molecule has 1 fully saturated rings. The van der Waals surface area contributed by atoms with E-state index in [2.05, 4.69) is 34.1 Å². The number of nitrogens with zero attached hydrogens (tertiary/aromatic N) is 2. The first-order valence-corrected chi connectivity index (χ1v) is 9.69. The van der Waals surface area contributed by atoms with Crippen LogP contribution in [-0.2, 0) is 10.0 Å². The summed E-state index contributed by atoms with van der Waals surface area (Å²) in [5.41, 5.74) is 1.38. The zero-order chi connectivity index (χ0) is 15.6. The third kappa shape index (κ3) is 3.48. The fourth-order valence-corrected chi connectivity index (χ4v) is 4.46. The Morgan fingerprint density at radius 3 is 2.64 bits per heavy atom. The summed E-state index contributed by atoms with van der Waals surface area (Å²) in [4.78, 5) is 6.40. The van der Waals surface area contributed by atoms with E-state index in [9.17, 15) is 8.42 Å². The Labute approximate surface area is 134 Å². The summed E-state index contributed by atoms with van der Waals surface area (Å²) in [6, 6.07) is 10.6. The van der Waals surface area contributed by atoms with Crippen LogP contribution < -0.4 is 10.0 Å². The Balaban J connectivity index is 1.72. The first-order chi connectivity index (χ1) is 10.5. The van der Waals surface area contributed by atoms with Crippen LogP contribution in [0.2, 0.25) is 0 Å². The molecule has 1 aromatic heterocycles. The summed E-state index contributed by atoms with van der Waals surface area (Å²) in [5.74, 6) is 0.559. The molecule has 1 aromatic carbocycles. The minimum atomic E-state index is -3.65. The first kappa shape index (κ1) is 15.5. The number of benzene rings is 1. The Bertz CT molecular complexity index is 728. The van der Waals surface area contributed by atoms with Gasteiger partial charge in [-0.05, 0) is 30.7 Å². The molecule has 1 atom stereocenters. The zero-order valence-electron chi connectivity index (χ0n) is 12.2. The lowest BCUT2D eigenvalue weighted by Crippen LogP contribution is -2.23. The van der Waals surface area contributed by atoms with E-state index < -0.39 is 10.0 Å². The van der Waals surface area contributed by atoms with Crippen LogP contribution in [0.15, 0.2) is 40.7 Å². The second kappa shape index (κ2) is 6.36. The van der Waals surface area contributed by atoms with Crippen molar-refractivity contribution in [1.29, 1.82) is 0 Å². The SMILES string of the molecule is NS(=O)(=O)c1cnc(N2CCCC(c3ccccc3)CC2)s1. The molecule has 0 amide bonds. The quantitative estimate of drug-likeness (QED) is 0.934. The monoisotopic (exact) mass is 337 g/mol. The first-order valence-electron chi connectivity index (χ1n) is 7.32. The summed E-state index contributed by atoms with van der Waals surface area (Å²) >= 11 is 1.15. The van der Waals surface area contributed by atoms with E-state index in [4.69, 9.17) is 5.14 Å². The highest BCUT2D eigenvalue weighted by molar-refractivity contribution is 7.91. The van der Waals surface area contributed by atoms with E-state index in [1.54, 1.807) is 0 Å². The van der Waals surface area contributed by atoms with E-state index >= 15 is 0 Å². The van der Waals surface area contributed by atoms with Crippen molar-refractivity contribution in [2.75, 3.05) is 18.0 Å². The molecule has 0 bridgehead atoms. The molecule has 118 valence electrons. The van der Waals surface area contributed by atoms with Crippen molar-refractivity contribution in [3.63, 3.8) is 0 Å². The van der Waals surface area contributed by atoms with Crippen molar-refractivity contribution in [1.82, 2.24) is 4.98 Å². The Morgan fingerprint density at radius 1 is 1.18 bits per heavy atom. The summed E-state index contributed by atoms with van der Waals surface area (Å²) < 4.78 is 22.9. The van der Waals surface area contributed by atoms with Crippen molar-refractivity contribution in [2.24, 2.45) is 5.14 Å². The number of thiazole rings is 1. The highest BCUT2D eigenvalue weighted by Gasteiger charge is 2.21. The van der Waals surface area contributed by atoms with Crippen molar-refractivity contribution in [3.05, 3.63) is 42.1 Å². The Hall–Kier alpha value is -1.44. The number of rotatable bonds is 3. The zero-order valence-corrected chi connectivity index (χ0v) is 13.8. The van der Waals surface area contributed by atoms with Crippen LogP contribution in [0.3, 0.4) is 0 Å². The van der Waals surface area contributed by atoms with Crippen LogP contribution in [0.1, 0.15) is 30.7 Å². The number of primary sulfonamides is 1. The van der Waals surface area contributed by atoms with Crippen LogP contribution in [-0.4, -0.2) is 26.5 Å². The van der Waals surface area contributed by atoms with Gasteiger partial charge in [-0.1, -0.05) is 41.7 Å². The van der Waals surface area contributed by atoms with E-state index in [1.165, 1.54) is 11.8 Å². The molecule has 1 aliphatic heterocycles. The van der Waals surface area contributed by atoms with Crippen molar-refractivity contribution >= 4 is 26.5 Å². The Morgan fingerprint density at radius 2 is 1.95 bits per heavy atom. The molecule has 2 N–H and O–H groups in total. The number of hydrogen-bond acceptors (Lipinski definition) is 5. The van der Waals surface area contributed by atoms with Gasteiger partial charge >= 0.3 is 0 Å². The molecule has 0 radical (unpaired) electrons. The van der Waals surface area contributed by atoms with Crippen LogP contribution in [0.4, 0.5) is 5.13 Å². The topological polar surface area (TPSA) is 76.3 Å². The molecule has 3 rings (SSSR count). The van der Waals surface area contributed by atoms with Gasteiger partial charge in [-0.2, -0.15) is 0 Å². The van der Waals surface area contributed by atoms with Gasteiger partial charge in [0.1, 0.15) is 0 Å². The molecule has 2 heterocycles. The van der Waals surface area contributed by atoms with Crippen LogP contribution in [0.5, 0.6) is 0 Å². The molecule has 2 aromatic rings. The average molecular weight is 337 g/mol. The van der Waals surface area contributed by atoms with Gasteiger partial charge in [0.15, 0.2) is 9.34 Å². The van der Waals surface area contributed by atoms with Gasteiger partial charge in [-0.15, -0.1) is 0 Å². The van der Waals surface area contributed by atoms with Crippen molar-refractivity contribution < 1.29 is 8.42 Å². The predicted octanol–water partition coefficient (Wildman–Crippen LogP) is 2.56. The number of aromatic nitrogens is 1. The molecule has 7 heteroatoms. The molecule has 1 aliphatic rings. The van der Waals surface area contributed by atoms with E-state index in [1.807, 2.05) is 6.07 Å². The summed E-state index contributed by atoms with van der Waals surface area (Å²) in [6.07, 6.45) is 4.63. The summed E-state index contributed by atoms with van der Waals surface area (Å²) in [7, 11) is -3.65. The number of anilines is 1. The smallest absolute Gasteiger partial charge is 0.249 e. The number of sulfonamides is 1. The van der Waals surface area contributed by atoms with Gasteiger partial charge in [0, 0.05) is 13.1 Å². The van der Waals surface area contributed by atoms with Crippen LogP contribution >= 0.6 is 11.3 Å². The molecule has 0 spiro atoms. The largest absolute Gasteiger partial charge is 0.348 e. The second-order valence-corrected chi connectivity index (χ2v) is 8.33. The molecule has 0 aliphatic carbocycles. The number of hydrogen-bond donors (Lipinski definition) is 1. The minimum absolute atomic E-state index is 0.131. The number of nitrogens with two attached hydrogens (primary N) is 1.